The molecule has 4 aromatic rings. The number of hydrogen-bond donors (Lipinski definition) is 1. The van der Waals surface area contributed by atoms with Gasteiger partial charge in [-0.3, -0.25) is 4.98 Å². The fourth-order valence-electron chi connectivity index (χ4n) is 5.30. The number of nitrogens with one attached hydrogen (secondary N) is 1. The van der Waals surface area contributed by atoms with Gasteiger partial charge >= 0.3 is 6.01 Å². The molecule has 2 aliphatic rings. The summed E-state index contributed by atoms with van der Waals surface area (Å²) in [6.45, 7) is 6.13. The van der Waals surface area contributed by atoms with Crippen molar-refractivity contribution < 1.29 is 9.13 Å². The minimum absolute atomic E-state index is 0.192. The Kier molecular flexibility index (Phi) is 6.10. The molecule has 0 amide bonds. The second kappa shape index (κ2) is 9.55. The third kappa shape index (κ3) is 4.22. The van der Waals surface area contributed by atoms with Crippen LogP contribution in [0.1, 0.15) is 19.8 Å². The quantitative estimate of drug-likeness (QED) is 0.457. The summed E-state index contributed by atoms with van der Waals surface area (Å²) < 4.78 is 21.8. The lowest BCUT2D eigenvalue weighted by molar-refractivity contribution is 0.188. The van der Waals surface area contributed by atoms with Crippen molar-refractivity contribution in [3.8, 4) is 17.3 Å². The highest BCUT2D eigenvalue weighted by atomic mass is 19.1. The molecule has 186 valence electrons. The van der Waals surface area contributed by atoms with E-state index in [0.717, 1.165) is 49.8 Å². The van der Waals surface area contributed by atoms with Crippen molar-refractivity contribution in [1.82, 2.24) is 30.2 Å². The van der Waals surface area contributed by atoms with Gasteiger partial charge in [0.1, 0.15) is 23.9 Å². The summed E-state index contributed by atoms with van der Waals surface area (Å²) in [6, 6.07) is 10.0. The van der Waals surface area contributed by atoms with Gasteiger partial charge in [0, 0.05) is 55.1 Å². The van der Waals surface area contributed by atoms with Gasteiger partial charge in [-0.05, 0) is 50.9 Å². The van der Waals surface area contributed by atoms with Crippen LogP contribution in [0.5, 0.6) is 6.01 Å². The molecule has 6 rings (SSSR count). The van der Waals surface area contributed by atoms with Crippen LogP contribution in [-0.2, 0) is 0 Å². The third-order valence-electron chi connectivity index (χ3n) is 7.39. The Morgan fingerprint density at radius 1 is 1.14 bits per heavy atom. The summed E-state index contributed by atoms with van der Waals surface area (Å²) in [4.78, 5) is 22.9. The highest BCUT2D eigenvalue weighted by molar-refractivity contribution is 5.97. The topological polar surface area (TPSA) is 79.3 Å². The predicted molar refractivity (Wildman–Crippen MR) is 139 cm³/mol. The molecule has 2 aliphatic heterocycles. The van der Waals surface area contributed by atoms with Crippen LogP contribution in [0.4, 0.5) is 10.2 Å². The third-order valence-corrected chi connectivity index (χ3v) is 7.39. The molecule has 0 radical (unpaired) electrons. The molecule has 3 aromatic heterocycles. The van der Waals surface area contributed by atoms with Crippen LogP contribution in [0, 0.1) is 5.82 Å². The van der Waals surface area contributed by atoms with Crippen molar-refractivity contribution in [3.63, 3.8) is 0 Å². The molecule has 1 N–H and O–H groups in total. The smallest absolute Gasteiger partial charge is 0.320 e. The van der Waals surface area contributed by atoms with Gasteiger partial charge in [0.25, 0.3) is 0 Å². The Morgan fingerprint density at radius 2 is 2.06 bits per heavy atom. The number of likely N-dealkylation sites (tertiary alicyclic amines) is 1. The number of anilines is 1. The number of benzene rings is 1. The molecule has 5 heterocycles. The van der Waals surface area contributed by atoms with Gasteiger partial charge in [0.15, 0.2) is 5.65 Å². The van der Waals surface area contributed by atoms with E-state index in [2.05, 4.69) is 39.1 Å². The molecule has 2 saturated heterocycles. The van der Waals surface area contributed by atoms with E-state index in [4.69, 9.17) is 14.7 Å². The molecule has 0 bridgehead atoms. The lowest BCUT2D eigenvalue weighted by Crippen LogP contribution is -2.50. The molecule has 0 aliphatic carbocycles. The van der Waals surface area contributed by atoms with Crippen LogP contribution in [-0.4, -0.2) is 76.8 Å². The molecule has 9 heteroatoms. The zero-order valence-corrected chi connectivity index (χ0v) is 20.6. The van der Waals surface area contributed by atoms with Gasteiger partial charge in [0.2, 0.25) is 0 Å². The molecule has 2 unspecified atom stereocenters. The highest BCUT2D eigenvalue weighted by Crippen LogP contribution is 2.34. The summed E-state index contributed by atoms with van der Waals surface area (Å²) in [5, 5.41) is 5.82. The Hall–Kier alpha value is -3.43. The number of piperazine rings is 1. The summed E-state index contributed by atoms with van der Waals surface area (Å²) in [7, 11) is 2.12. The van der Waals surface area contributed by atoms with E-state index in [1.165, 1.54) is 6.07 Å². The van der Waals surface area contributed by atoms with Crippen LogP contribution < -0.4 is 15.0 Å². The van der Waals surface area contributed by atoms with Crippen molar-refractivity contribution in [2.24, 2.45) is 0 Å². The van der Waals surface area contributed by atoms with E-state index in [-0.39, 0.29) is 17.7 Å². The van der Waals surface area contributed by atoms with Crippen molar-refractivity contribution in [1.29, 1.82) is 0 Å². The van der Waals surface area contributed by atoms with E-state index in [9.17, 15) is 0 Å². The summed E-state index contributed by atoms with van der Waals surface area (Å²) in [5.74, 6) is 0.258. The first kappa shape index (κ1) is 23.0. The first-order valence-electron chi connectivity index (χ1n) is 12.6. The molecule has 36 heavy (non-hydrogen) atoms. The number of likely N-dealkylation sites (N-methyl/N-ethyl adjacent to an activating group) is 1. The number of hydrogen-bond acceptors (Lipinski definition) is 8. The van der Waals surface area contributed by atoms with Gasteiger partial charge in [-0.2, -0.15) is 9.97 Å². The van der Waals surface area contributed by atoms with Gasteiger partial charge in [-0.25, -0.2) is 9.37 Å². The van der Waals surface area contributed by atoms with Crippen molar-refractivity contribution in [2.45, 2.75) is 31.8 Å². The first-order valence-corrected chi connectivity index (χ1v) is 12.6. The molecule has 2 atom stereocenters. The fourth-order valence-corrected chi connectivity index (χ4v) is 5.30. The number of aromatic nitrogens is 4. The zero-order valence-electron chi connectivity index (χ0n) is 20.6. The summed E-state index contributed by atoms with van der Waals surface area (Å²) >= 11 is 0. The summed E-state index contributed by atoms with van der Waals surface area (Å²) in [6.07, 6.45) is 5.73. The molecule has 0 saturated carbocycles. The van der Waals surface area contributed by atoms with Crippen molar-refractivity contribution in [2.75, 3.05) is 44.7 Å². The van der Waals surface area contributed by atoms with Gasteiger partial charge in [0.05, 0.1) is 5.39 Å². The number of rotatable bonds is 5. The van der Waals surface area contributed by atoms with Crippen LogP contribution >= 0.6 is 0 Å². The number of ether oxygens (including phenoxy) is 1. The highest BCUT2D eigenvalue weighted by Gasteiger charge is 2.26. The number of pyridine rings is 2. The Bertz CT molecular complexity index is 1410. The second-order valence-electron chi connectivity index (χ2n) is 9.76. The fraction of sp³-hybridized carbons (Fsp3) is 0.407. The van der Waals surface area contributed by atoms with Gasteiger partial charge in [-0.15, -0.1) is 0 Å². The van der Waals surface area contributed by atoms with Gasteiger partial charge in [-0.1, -0.05) is 18.2 Å². The maximum Gasteiger partial charge on any atom is 0.320 e. The maximum absolute atomic E-state index is 15.7. The monoisotopic (exact) mass is 487 g/mol. The zero-order chi connectivity index (χ0) is 24.6. The van der Waals surface area contributed by atoms with E-state index in [1.54, 1.807) is 12.4 Å². The normalized spacial score (nSPS) is 20.9. The number of halogens is 1. The Morgan fingerprint density at radius 3 is 2.89 bits per heavy atom. The van der Waals surface area contributed by atoms with Gasteiger partial charge < -0.3 is 19.9 Å². The van der Waals surface area contributed by atoms with Crippen LogP contribution in [0.15, 0.2) is 42.7 Å². The summed E-state index contributed by atoms with van der Waals surface area (Å²) in [5.41, 5.74) is 1.36. The van der Waals surface area contributed by atoms with Crippen LogP contribution in [0.2, 0.25) is 0 Å². The van der Waals surface area contributed by atoms with Crippen molar-refractivity contribution in [3.05, 3.63) is 48.5 Å². The maximum atomic E-state index is 15.7. The number of nitrogens with zero attached hydrogens (tertiary/aromatic N) is 6. The van der Waals surface area contributed by atoms with Crippen LogP contribution in [0.25, 0.3) is 33.1 Å². The Balaban J connectivity index is 1.47. The molecule has 1 aromatic carbocycles. The minimum Gasteiger partial charge on any atom is -0.462 e. The second-order valence-corrected chi connectivity index (χ2v) is 9.76. The molecular formula is C27H30FN7O. The SMILES string of the molecule is CC1CNCCN1c1nc(OCC2CCCN2C)nc2nc(-c3cccc4ccncc34)c(F)cc12. The Labute approximate surface area is 209 Å². The first-order chi connectivity index (χ1) is 17.6. The van der Waals surface area contributed by atoms with Crippen LogP contribution in [0.3, 0.4) is 0 Å². The lowest BCUT2D eigenvalue weighted by atomic mass is 10.0. The molecule has 0 spiro atoms. The van der Waals surface area contributed by atoms with E-state index < -0.39 is 5.82 Å². The standard InChI is InChI=1S/C27H30FN7O/c1-17-14-30-10-12-35(17)26-21-13-23(28)24(20-7-3-5-18-8-9-29-15-22(18)20)31-25(21)32-27(33-26)36-16-19-6-4-11-34(19)2/h3,5,7-9,13,15,17,19,30H,4,6,10-12,14,16H2,1-2H3. The minimum atomic E-state index is -0.410. The van der Waals surface area contributed by atoms with E-state index in [1.807, 2.05) is 24.3 Å². The lowest BCUT2D eigenvalue weighted by Gasteiger charge is -2.35. The average molecular weight is 488 g/mol. The van der Waals surface area contributed by atoms with E-state index in [0.29, 0.717) is 35.1 Å². The largest absolute Gasteiger partial charge is 0.462 e. The predicted octanol–water partition coefficient (Wildman–Crippen LogP) is 3.65. The van der Waals surface area contributed by atoms with E-state index >= 15 is 4.39 Å². The molecule has 8 nitrogen and oxygen atoms in total. The van der Waals surface area contributed by atoms with Crippen molar-refractivity contribution >= 4 is 27.6 Å². The number of fused-ring (bicyclic) bond motifs is 2. The molecular weight excluding hydrogens is 457 g/mol. The molecule has 2 fully saturated rings. The average Bonchev–Trinajstić information content (AvgIpc) is 3.31.